The van der Waals surface area contributed by atoms with Crippen molar-refractivity contribution >= 4 is 11.6 Å². The third-order valence-corrected chi connectivity index (χ3v) is 6.89. The van der Waals surface area contributed by atoms with Gasteiger partial charge in [-0.05, 0) is 74.6 Å². The highest BCUT2D eigenvalue weighted by atomic mass is 19.3. The molecule has 2 fully saturated rings. The van der Waals surface area contributed by atoms with E-state index >= 15 is 8.78 Å². The largest absolute Gasteiger partial charge is 0.388 e. The summed E-state index contributed by atoms with van der Waals surface area (Å²) in [6.45, 7) is 5.16. The van der Waals surface area contributed by atoms with Gasteiger partial charge in [0.2, 0.25) is 0 Å². The van der Waals surface area contributed by atoms with Crippen LogP contribution in [0.15, 0.2) is 48.7 Å². The first-order valence-electron chi connectivity index (χ1n) is 11.1. The number of hydrogen-bond acceptors (Lipinski definition) is 4. The summed E-state index contributed by atoms with van der Waals surface area (Å²) in [5.41, 5.74) is 3.45. The minimum Gasteiger partial charge on any atom is -0.388 e. The molecule has 2 aromatic rings. The number of aryl methyl sites for hydroxylation is 1. The van der Waals surface area contributed by atoms with Gasteiger partial charge in [-0.2, -0.15) is 8.78 Å². The van der Waals surface area contributed by atoms with Crippen LogP contribution in [-0.2, 0) is 5.92 Å². The number of hydrogen-bond donors (Lipinski definition) is 3. The van der Waals surface area contributed by atoms with Gasteiger partial charge in [0.25, 0.3) is 5.91 Å². The van der Waals surface area contributed by atoms with Gasteiger partial charge in [0, 0.05) is 29.9 Å². The second kappa shape index (κ2) is 8.70. The molecule has 0 aromatic heterocycles. The number of nitrogens with zero attached hydrogens (tertiary/aromatic N) is 1. The molecule has 34 heavy (non-hydrogen) atoms. The number of aliphatic hydroxyl groups is 1. The summed E-state index contributed by atoms with van der Waals surface area (Å²) in [4.78, 5) is 14.1. The molecule has 0 radical (unpaired) electrons. The maximum absolute atomic E-state index is 15.6. The first-order chi connectivity index (χ1) is 15.9. The normalized spacial score (nSPS) is 24.3. The van der Waals surface area contributed by atoms with E-state index in [9.17, 15) is 18.7 Å². The molecular weight excluding hydrogens is 450 g/mol. The highest BCUT2D eigenvalue weighted by molar-refractivity contribution is 6.04. The average Bonchev–Trinajstić information content (AvgIpc) is 3.07. The zero-order valence-electron chi connectivity index (χ0n) is 18.8. The first-order valence-corrected chi connectivity index (χ1v) is 11.1. The second-order valence-electron chi connectivity index (χ2n) is 9.26. The van der Waals surface area contributed by atoms with Gasteiger partial charge in [-0.3, -0.25) is 4.79 Å². The van der Waals surface area contributed by atoms with Crippen molar-refractivity contribution in [2.24, 2.45) is 5.73 Å². The van der Waals surface area contributed by atoms with E-state index in [1.807, 2.05) is 0 Å². The zero-order chi connectivity index (χ0) is 24.8. The predicted molar refractivity (Wildman–Crippen MR) is 120 cm³/mol. The van der Waals surface area contributed by atoms with E-state index in [1.165, 1.54) is 30.0 Å². The number of alkyl halides is 2. The van der Waals surface area contributed by atoms with Crippen LogP contribution < -0.4 is 11.1 Å². The molecule has 0 spiro atoms. The molecule has 1 amide bonds. The Morgan fingerprint density at radius 1 is 1.18 bits per heavy atom. The second-order valence-corrected chi connectivity index (χ2v) is 9.26. The molecule has 2 unspecified atom stereocenters. The Balaban J connectivity index is 1.58. The van der Waals surface area contributed by atoms with Gasteiger partial charge in [-0.25, -0.2) is 8.78 Å². The van der Waals surface area contributed by atoms with E-state index in [0.29, 0.717) is 18.4 Å². The van der Waals surface area contributed by atoms with Crippen LogP contribution in [0.5, 0.6) is 0 Å². The van der Waals surface area contributed by atoms with Crippen LogP contribution in [0.25, 0.3) is 0 Å². The molecule has 2 saturated heterocycles. The topological polar surface area (TPSA) is 78.6 Å². The summed E-state index contributed by atoms with van der Waals surface area (Å²) in [6.07, 6.45) is 1.67. The summed E-state index contributed by atoms with van der Waals surface area (Å²) in [5.74, 6) is -6.13. The average molecular weight is 478 g/mol. The van der Waals surface area contributed by atoms with Crippen LogP contribution in [0.2, 0.25) is 0 Å². The Morgan fingerprint density at radius 2 is 1.79 bits per heavy atom. The molecular formula is C25H27F4N3O2. The Bertz CT molecular complexity index is 1120. The Morgan fingerprint density at radius 3 is 2.38 bits per heavy atom. The number of piperidine rings is 1. The lowest BCUT2D eigenvalue weighted by molar-refractivity contribution is -0.0636. The number of carbonyl (C=O) groups is 1. The van der Waals surface area contributed by atoms with Crippen LogP contribution in [-0.4, -0.2) is 40.1 Å². The molecule has 5 nitrogen and oxygen atoms in total. The van der Waals surface area contributed by atoms with Crippen LogP contribution in [0.4, 0.5) is 23.2 Å². The van der Waals surface area contributed by atoms with E-state index in [4.69, 9.17) is 5.73 Å². The van der Waals surface area contributed by atoms with Crippen molar-refractivity contribution in [1.82, 2.24) is 4.90 Å². The number of nitrogens with one attached hydrogen (secondary N) is 1. The first kappa shape index (κ1) is 24.2. The summed E-state index contributed by atoms with van der Waals surface area (Å²) in [6, 6.07) is 5.92. The Kier molecular flexibility index (Phi) is 6.20. The summed E-state index contributed by atoms with van der Waals surface area (Å²) in [5, 5.41) is 13.1. The molecule has 4 N–H and O–H groups in total. The Labute approximate surface area is 195 Å². The molecule has 182 valence electrons. The van der Waals surface area contributed by atoms with Crippen molar-refractivity contribution in [2.75, 3.05) is 11.9 Å². The molecule has 4 rings (SSSR count). The number of rotatable bonds is 6. The van der Waals surface area contributed by atoms with Gasteiger partial charge in [-0.15, -0.1) is 0 Å². The number of benzene rings is 2. The maximum atomic E-state index is 15.6. The number of amides is 1. The number of allylic oxidation sites excluding steroid dienone is 1. The van der Waals surface area contributed by atoms with E-state index in [2.05, 4.69) is 11.9 Å². The number of anilines is 1. The smallest absolute Gasteiger partial charge is 0.314 e. The summed E-state index contributed by atoms with van der Waals surface area (Å²) in [7, 11) is 0. The number of carbonyl (C=O) groups excluding carboxylic acids is 1. The van der Waals surface area contributed by atoms with E-state index in [0.717, 1.165) is 18.2 Å². The van der Waals surface area contributed by atoms with Crippen molar-refractivity contribution in [3.05, 3.63) is 77.0 Å². The van der Waals surface area contributed by atoms with E-state index < -0.39 is 40.3 Å². The third kappa shape index (κ3) is 4.30. The van der Waals surface area contributed by atoms with Gasteiger partial charge >= 0.3 is 5.92 Å². The van der Waals surface area contributed by atoms with Crippen LogP contribution in [0, 0.1) is 18.6 Å². The minimum atomic E-state index is -3.79. The zero-order valence-corrected chi connectivity index (χ0v) is 18.8. The Hall–Kier alpha value is -2.91. The van der Waals surface area contributed by atoms with Crippen LogP contribution in [0.1, 0.15) is 47.2 Å². The molecule has 2 aliphatic rings. The van der Waals surface area contributed by atoms with Crippen LogP contribution in [0.3, 0.4) is 0 Å². The molecule has 9 heteroatoms. The molecule has 2 aliphatic heterocycles. The standard InChI is InChI=1S/C25H27F4N3O2/c1-14-9-17(4-8-21(14)26)31-23(33)16-3-7-22(27)20(10-16)25(28,29)15(2)32-18-5-6-19(32)12-24(34,11-18)13-30/h3-4,7-10,18-19,34H,2,5-6,11-13,30H2,1H3,(H,31,33). The van der Waals surface area contributed by atoms with Gasteiger partial charge < -0.3 is 21.1 Å². The lowest BCUT2D eigenvalue weighted by atomic mass is 9.85. The maximum Gasteiger partial charge on any atom is 0.314 e. The molecule has 0 aliphatic carbocycles. The third-order valence-electron chi connectivity index (χ3n) is 6.89. The predicted octanol–water partition coefficient (Wildman–Crippen LogP) is 4.45. The van der Waals surface area contributed by atoms with Crippen molar-refractivity contribution in [3.63, 3.8) is 0 Å². The highest BCUT2D eigenvalue weighted by Crippen LogP contribution is 2.48. The number of halogens is 4. The van der Waals surface area contributed by atoms with E-state index in [1.54, 1.807) is 0 Å². The lowest BCUT2D eigenvalue weighted by Gasteiger charge is -2.46. The summed E-state index contributed by atoms with van der Waals surface area (Å²) >= 11 is 0. The van der Waals surface area contributed by atoms with Crippen LogP contribution >= 0.6 is 0 Å². The molecule has 0 saturated carbocycles. The van der Waals surface area contributed by atoms with Gasteiger partial charge in [0.15, 0.2) is 0 Å². The van der Waals surface area contributed by atoms with Crippen molar-refractivity contribution < 1.29 is 27.5 Å². The van der Waals surface area contributed by atoms with Gasteiger partial charge in [0.05, 0.1) is 16.9 Å². The fourth-order valence-electron chi connectivity index (χ4n) is 5.08. The van der Waals surface area contributed by atoms with Gasteiger partial charge in [-0.1, -0.05) is 6.58 Å². The fraction of sp³-hybridized carbons (Fsp3) is 0.400. The fourth-order valence-corrected chi connectivity index (χ4v) is 5.08. The summed E-state index contributed by atoms with van der Waals surface area (Å²) < 4.78 is 59.2. The van der Waals surface area contributed by atoms with Crippen molar-refractivity contribution in [2.45, 2.75) is 56.2 Å². The lowest BCUT2D eigenvalue weighted by Crippen LogP contribution is -2.55. The van der Waals surface area contributed by atoms with Gasteiger partial charge in [0.1, 0.15) is 11.6 Å². The molecule has 2 atom stereocenters. The number of fused-ring (bicyclic) bond motifs is 2. The minimum absolute atomic E-state index is 0.0378. The SMILES string of the molecule is C=C(N1C2CCC1CC(O)(CN)C2)C(F)(F)c1cc(C(=O)Nc2ccc(F)c(C)c2)ccc1F. The molecule has 2 heterocycles. The monoisotopic (exact) mass is 477 g/mol. The molecule has 2 aromatic carbocycles. The van der Waals surface area contributed by atoms with E-state index in [-0.39, 0.29) is 42.7 Å². The molecule has 2 bridgehead atoms. The number of nitrogens with two attached hydrogens (primary N) is 1. The quantitative estimate of drug-likeness (QED) is 0.538. The highest BCUT2D eigenvalue weighted by Gasteiger charge is 2.52. The van der Waals surface area contributed by atoms with Crippen molar-refractivity contribution in [3.8, 4) is 0 Å². The van der Waals surface area contributed by atoms with Crippen molar-refractivity contribution in [1.29, 1.82) is 0 Å².